The normalized spacial score (nSPS) is 17.3. The van der Waals surface area contributed by atoms with Crippen molar-refractivity contribution < 1.29 is 19.2 Å². The number of carbonyl (C=O) groups excluding carboxylic acids is 4. The van der Waals surface area contributed by atoms with Crippen molar-refractivity contribution in [2.45, 2.75) is 12.3 Å². The van der Waals surface area contributed by atoms with Gasteiger partial charge in [-0.15, -0.1) is 0 Å². The molecule has 2 aliphatic heterocycles. The highest BCUT2D eigenvalue weighted by molar-refractivity contribution is 6.42. The molecule has 2 heterocycles. The Labute approximate surface area is 241 Å². The first-order valence-corrected chi connectivity index (χ1v) is 13.8. The summed E-state index contributed by atoms with van der Waals surface area (Å²) in [5.41, 5.74) is 5.23. The van der Waals surface area contributed by atoms with Crippen LogP contribution in [0.3, 0.4) is 0 Å². The van der Waals surface area contributed by atoms with Crippen molar-refractivity contribution in [3.63, 3.8) is 0 Å². The largest absolute Gasteiger partial charge is 0.268 e. The number of nitrogens with zero attached hydrogens (tertiary/aromatic N) is 2. The zero-order chi connectivity index (χ0) is 28.5. The van der Waals surface area contributed by atoms with Crippen molar-refractivity contribution >= 4 is 51.3 Å². The van der Waals surface area contributed by atoms with Crippen LogP contribution < -0.4 is 9.80 Å². The summed E-state index contributed by atoms with van der Waals surface area (Å²) < 4.78 is 0. The Kier molecular flexibility index (Phi) is 5.15. The molecule has 0 saturated heterocycles. The Balaban J connectivity index is 1.18. The molecule has 0 N–H and O–H groups in total. The van der Waals surface area contributed by atoms with Gasteiger partial charge in [0.1, 0.15) is 0 Å². The van der Waals surface area contributed by atoms with Gasteiger partial charge in [-0.1, -0.05) is 66.8 Å². The molecule has 0 saturated carbocycles. The number of hydrogen-bond acceptors (Lipinski definition) is 4. The van der Waals surface area contributed by atoms with E-state index in [1.165, 1.54) is 4.90 Å². The van der Waals surface area contributed by atoms with Crippen LogP contribution in [0.15, 0.2) is 115 Å². The van der Waals surface area contributed by atoms with Crippen LogP contribution in [0.1, 0.15) is 64.9 Å². The molecule has 4 aromatic carbocycles. The summed E-state index contributed by atoms with van der Waals surface area (Å²) in [6, 6.07) is 21.0. The van der Waals surface area contributed by atoms with Gasteiger partial charge in [0.15, 0.2) is 0 Å². The van der Waals surface area contributed by atoms with Crippen molar-refractivity contribution in [3.8, 4) is 0 Å². The summed E-state index contributed by atoms with van der Waals surface area (Å²) in [5.74, 6) is -1.79. The van der Waals surface area contributed by atoms with E-state index in [1.54, 1.807) is 48.5 Å². The van der Waals surface area contributed by atoms with Gasteiger partial charge in [-0.3, -0.25) is 19.2 Å². The minimum Gasteiger partial charge on any atom is -0.268 e. The van der Waals surface area contributed by atoms with E-state index in [2.05, 4.69) is 24.3 Å². The maximum absolute atomic E-state index is 13.8. The molecule has 6 nitrogen and oxygen atoms in total. The molecule has 8 rings (SSSR count). The Morgan fingerprint density at radius 1 is 0.548 bits per heavy atom. The lowest BCUT2D eigenvalue weighted by Gasteiger charge is -2.32. The fourth-order valence-corrected chi connectivity index (χ4v) is 6.32. The third-order valence-corrected chi connectivity index (χ3v) is 8.41. The Hall–Kier alpha value is -5.62. The number of rotatable bonds is 4. The molecule has 4 aromatic rings. The molecule has 4 aliphatic rings. The standard InChI is InChI=1S/C36H22N2O4/c39-33-27-17-19-29-32-30(36(42)38(35(29)41)26-15-11-24(12-16-26)22-7-3-4-8-22)20-18-28(31(27)32)34(40)37(33)25-13-9-23(10-14-25)21-5-1-2-6-21/h1-3,5-21H,4H2. The third kappa shape index (κ3) is 3.38. The molecule has 0 aromatic heterocycles. The minimum atomic E-state index is -0.489. The van der Waals surface area contributed by atoms with Crippen molar-refractivity contribution in [2.75, 3.05) is 9.80 Å². The lowest BCUT2D eigenvalue weighted by atomic mass is 9.85. The zero-order valence-corrected chi connectivity index (χ0v) is 22.3. The van der Waals surface area contributed by atoms with Crippen LogP contribution in [0.4, 0.5) is 11.4 Å². The molecular formula is C36H22N2O4. The highest BCUT2D eigenvalue weighted by atomic mass is 16.2. The maximum Gasteiger partial charge on any atom is 0.265 e. The molecular weight excluding hydrogens is 524 g/mol. The monoisotopic (exact) mass is 546 g/mol. The van der Waals surface area contributed by atoms with Crippen LogP contribution >= 0.6 is 0 Å². The van der Waals surface area contributed by atoms with E-state index in [-0.39, 0.29) is 28.2 Å². The third-order valence-electron chi connectivity index (χ3n) is 8.41. The van der Waals surface area contributed by atoms with Crippen molar-refractivity contribution in [1.82, 2.24) is 0 Å². The first kappa shape index (κ1) is 24.2. The fraction of sp³-hybridized carbons (Fsp3) is 0.0556. The van der Waals surface area contributed by atoms with Crippen LogP contribution in [-0.2, 0) is 0 Å². The second-order valence-electron chi connectivity index (χ2n) is 10.7. The van der Waals surface area contributed by atoms with Crippen LogP contribution in [-0.4, -0.2) is 23.6 Å². The number of hydrogen-bond donors (Lipinski definition) is 0. The van der Waals surface area contributed by atoms with Gasteiger partial charge in [-0.2, -0.15) is 0 Å². The van der Waals surface area contributed by atoms with Gasteiger partial charge in [-0.25, -0.2) is 9.80 Å². The summed E-state index contributed by atoms with van der Waals surface area (Å²) in [6.07, 6.45) is 15.3. The predicted octanol–water partition coefficient (Wildman–Crippen LogP) is 6.99. The van der Waals surface area contributed by atoms with Gasteiger partial charge >= 0.3 is 0 Å². The SMILES string of the molecule is O=C1c2ccc3c4c(ccc(c24)C(=O)N1c1ccc(C2=CCC=C2)cc1)C(=O)N(c1ccc(C2C=CC=C2)cc1)C3=O. The van der Waals surface area contributed by atoms with E-state index in [0.717, 1.165) is 28.0 Å². The summed E-state index contributed by atoms with van der Waals surface area (Å²) >= 11 is 0. The van der Waals surface area contributed by atoms with E-state index < -0.39 is 23.6 Å². The van der Waals surface area contributed by atoms with E-state index >= 15 is 0 Å². The molecule has 0 fully saturated rings. The lowest BCUT2D eigenvalue weighted by molar-refractivity contribution is 0.0873. The molecule has 0 spiro atoms. The number of anilines is 2. The van der Waals surface area contributed by atoms with Gasteiger partial charge in [0, 0.05) is 38.9 Å². The average Bonchev–Trinajstić information content (AvgIpc) is 3.75. The smallest absolute Gasteiger partial charge is 0.265 e. The number of carbonyl (C=O) groups is 4. The van der Waals surface area contributed by atoms with Crippen LogP contribution in [0.25, 0.3) is 16.3 Å². The molecule has 200 valence electrons. The van der Waals surface area contributed by atoms with Gasteiger partial charge in [-0.05, 0) is 71.7 Å². The van der Waals surface area contributed by atoms with E-state index in [1.807, 2.05) is 42.5 Å². The summed E-state index contributed by atoms with van der Waals surface area (Å²) in [6.45, 7) is 0. The van der Waals surface area contributed by atoms with E-state index in [4.69, 9.17) is 0 Å². The average molecular weight is 547 g/mol. The molecule has 4 amide bonds. The second-order valence-corrected chi connectivity index (χ2v) is 10.7. The number of amides is 4. The van der Waals surface area contributed by atoms with Crippen molar-refractivity contribution in [2.24, 2.45) is 0 Å². The summed E-state index contributed by atoms with van der Waals surface area (Å²) in [7, 11) is 0. The van der Waals surface area contributed by atoms with Gasteiger partial charge in [0.25, 0.3) is 23.6 Å². The maximum atomic E-state index is 13.8. The minimum absolute atomic E-state index is 0.165. The molecule has 0 atom stereocenters. The summed E-state index contributed by atoms with van der Waals surface area (Å²) in [4.78, 5) is 57.4. The fourth-order valence-electron chi connectivity index (χ4n) is 6.32. The zero-order valence-electron chi connectivity index (χ0n) is 22.3. The molecule has 42 heavy (non-hydrogen) atoms. The van der Waals surface area contributed by atoms with Crippen LogP contribution in [0.2, 0.25) is 0 Å². The van der Waals surface area contributed by atoms with E-state index in [9.17, 15) is 19.2 Å². The highest BCUT2D eigenvalue weighted by Gasteiger charge is 2.40. The van der Waals surface area contributed by atoms with E-state index in [0.29, 0.717) is 22.1 Å². The quantitative estimate of drug-likeness (QED) is 0.259. The Morgan fingerprint density at radius 2 is 1.00 bits per heavy atom. The molecule has 0 radical (unpaired) electrons. The van der Waals surface area contributed by atoms with Gasteiger partial charge < -0.3 is 0 Å². The Morgan fingerprint density at radius 3 is 1.43 bits per heavy atom. The second kappa shape index (κ2) is 8.94. The van der Waals surface area contributed by atoms with Gasteiger partial charge in [0.05, 0.1) is 11.4 Å². The van der Waals surface area contributed by atoms with Crippen molar-refractivity contribution in [1.29, 1.82) is 0 Å². The van der Waals surface area contributed by atoms with Gasteiger partial charge in [0.2, 0.25) is 0 Å². The number of allylic oxidation sites excluding steroid dienone is 8. The Bertz CT molecular complexity index is 1940. The molecule has 2 aliphatic carbocycles. The summed E-state index contributed by atoms with van der Waals surface area (Å²) in [5, 5.41) is 0.705. The number of imide groups is 2. The first-order valence-electron chi connectivity index (χ1n) is 13.8. The van der Waals surface area contributed by atoms with Crippen molar-refractivity contribution in [3.05, 3.63) is 149 Å². The molecule has 6 heteroatoms. The highest BCUT2D eigenvalue weighted by Crippen LogP contribution is 2.40. The lowest BCUT2D eigenvalue weighted by Crippen LogP contribution is -2.43. The predicted molar refractivity (Wildman–Crippen MR) is 162 cm³/mol. The topological polar surface area (TPSA) is 74.8 Å². The van der Waals surface area contributed by atoms with Crippen LogP contribution in [0, 0.1) is 0 Å². The molecule has 0 bridgehead atoms. The first-order chi connectivity index (χ1) is 20.5. The van der Waals surface area contributed by atoms with Crippen LogP contribution in [0.5, 0.6) is 0 Å². The molecule has 0 unspecified atom stereocenters. The number of benzene rings is 4.